The van der Waals surface area contributed by atoms with E-state index in [1.165, 1.54) is 17.7 Å². The van der Waals surface area contributed by atoms with E-state index in [4.69, 9.17) is 23.8 Å². The molecule has 27 heavy (non-hydrogen) atoms. The average Bonchev–Trinajstić information content (AvgIpc) is 2.65. The summed E-state index contributed by atoms with van der Waals surface area (Å²) in [6.45, 7) is 2.02. The van der Waals surface area contributed by atoms with Gasteiger partial charge >= 0.3 is 0 Å². The number of nitrogens with zero attached hydrogens (tertiary/aromatic N) is 2. The zero-order valence-corrected chi connectivity index (χ0v) is 16.0. The highest BCUT2D eigenvalue weighted by Gasteiger charge is 2.03. The van der Waals surface area contributed by atoms with Gasteiger partial charge in [0, 0.05) is 11.4 Å². The smallest absolute Gasteiger partial charge is 0.175 e. The molecular formula is C20H16ClFN4S. The molecule has 0 saturated heterocycles. The van der Waals surface area contributed by atoms with Crippen LogP contribution in [0.15, 0.2) is 77.0 Å². The molecule has 0 aliphatic carbocycles. The van der Waals surface area contributed by atoms with Crippen molar-refractivity contribution in [1.29, 1.82) is 0 Å². The van der Waals surface area contributed by atoms with Gasteiger partial charge in [-0.1, -0.05) is 29.3 Å². The number of thiocarbonyl (C=S) groups is 1. The molecule has 7 heteroatoms. The molecule has 2 N–H and O–H groups in total. The zero-order chi connectivity index (χ0) is 19.2. The van der Waals surface area contributed by atoms with Gasteiger partial charge in [0.2, 0.25) is 0 Å². The number of nitrogens with one attached hydrogen (secondary N) is 2. The summed E-state index contributed by atoms with van der Waals surface area (Å²) in [5.74, 6) is -0.475. The number of aryl methyl sites for hydroxylation is 1. The van der Waals surface area contributed by atoms with Crippen molar-refractivity contribution in [3.63, 3.8) is 0 Å². The number of hydrogen-bond acceptors (Lipinski definition) is 3. The number of halogens is 2. The molecule has 0 radical (unpaired) electrons. The Balaban J connectivity index is 1.58. The number of anilines is 2. The highest BCUT2D eigenvalue weighted by molar-refractivity contribution is 7.80. The molecule has 0 fully saturated rings. The Kier molecular flexibility index (Phi) is 6.11. The van der Waals surface area contributed by atoms with Crippen LogP contribution in [0, 0.1) is 12.7 Å². The van der Waals surface area contributed by atoms with Gasteiger partial charge in [0.1, 0.15) is 5.82 Å². The first-order chi connectivity index (χ1) is 13.0. The van der Waals surface area contributed by atoms with Crippen LogP contribution < -0.4 is 10.6 Å². The molecule has 4 nitrogen and oxygen atoms in total. The second-order valence-electron chi connectivity index (χ2n) is 5.79. The summed E-state index contributed by atoms with van der Waals surface area (Å²) < 4.78 is 13.2. The van der Waals surface area contributed by atoms with Crippen LogP contribution in [0.3, 0.4) is 0 Å². The molecule has 3 aromatic carbocycles. The largest absolute Gasteiger partial charge is 0.332 e. The predicted octanol–water partition coefficient (Wildman–Crippen LogP) is 7.01. The topological polar surface area (TPSA) is 48.8 Å². The minimum atomic E-state index is -0.475. The average molecular weight is 399 g/mol. The highest BCUT2D eigenvalue weighted by atomic mass is 35.5. The molecule has 3 aromatic rings. The Bertz CT molecular complexity index is 972. The fourth-order valence-electron chi connectivity index (χ4n) is 2.21. The van der Waals surface area contributed by atoms with Crippen molar-refractivity contribution in [3.05, 3.63) is 83.1 Å². The SMILES string of the molecule is Cc1ccc(N=Nc2ccc(NC(=S)Nc3ccc(F)c(Cl)c3)cc2)cc1. The number of benzene rings is 3. The Hall–Kier alpha value is -2.83. The lowest BCUT2D eigenvalue weighted by molar-refractivity contribution is 0.628. The van der Waals surface area contributed by atoms with Crippen molar-refractivity contribution in [2.45, 2.75) is 6.92 Å². The summed E-state index contributed by atoms with van der Waals surface area (Å²) in [5.41, 5.74) is 4.09. The van der Waals surface area contributed by atoms with Crippen LogP contribution in [0.5, 0.6) is 0 Å². The van der Waals surface area contributed by atoms with Crippen LogP contribution in [0.1, 0.15) is 5.56 Å². The molecule has 0 amide bonds. The Morgan fingerprint density at radius 3 is 1.96 bits per heavy atom. The molecule has 0 heterocycles. The van der Waals surface area contributed by atoms with Crippen molar-refractivity contribution >= 4 is 51.7 Å². The molecule has 0 unspecified atom stereocenters. The standard InChI is InChI=1S/C20H16ClFN4S/c1-13-2-4-15(5-3-13)25-26-16-8-6-14(7-9-16)23-20(27)24-17-10-11-19(22)18(21)12-17/h2-12H,1H3,(H2,23,24,27). The van der Waals surface area contributed by atoms with Gasteiger partial charge in [-0.3, -0.25) is 0 Å². The second-order valence-corrected chi connectivity index (χ2v) is 6.61. The number of rotatable bonds is 4. The van der Waals surface area contributed by atoms with E-state index in [9.17, 15) is 4.39 Å². The van der Waals surface area contributed by atoms with Crippen LogP contribution in [-0.4, -0.2) is 5.11 Å². The van der Waals surface area contributed by atoms with Crippen molar-refractivity contribution in [2.24, 2.45) is 10.2 Å². The Labute approximate surface area is 167 Å². The lowest BCUT2D eigenvalue weighted by atomic mass is 10.2. The quantitative estimate of drug-likeness (QED) is 0.367. The van der Waals surface area contributed by atoms with Gasteiger partial charge in [0.15, 0.2) is 5.11 Å². The molecule has 0 aliphatic rings. The van der Waals surface area contributed by atoms with Gasteiger partial charge in [-0.05, 0) is 73.7 Å². The van der Waals surface area contributed by atoms with E-state index in [2.05, 4.69) is 20.9 Å². The summed E-state index contributed by atoms with van der Waals surface area (Å²) >= 11 is 11.0. The van der Waals surface area contributed by atoms with E-state index >= 15 is 0 Å². The fraction of sp³-hybridized carbons (Fsp3) is 0.0500. The zero-order valence-electron chi connectivity index (χ0n) is 14.4. The lowest BCUT2D eigenvalue weighted by Crippen LogP contribution is -2.18. The Morgan fingerprint density at radius 2 is 1.37 bits per heavy atom. The van der Waals surface area contributed by atoms with Crippen molar-refractivity contribution in [2.75, 3.05) is 10.6 Å². The Morgan fingerprint density at radius 1 is 0.852 bits per heavy atom. The third kappa shape index (κ3) is 5.57. The van der Waals surface area contributed by atoms with E-state index in [0.29, 0.717) is 10.8 Å². The first kappa shape index (κ1) is 18.9. The third-order valence-corrected chi connectivity index (χ3v) is 4.11. The van der Waals surface area contributed by atoms with E-state index < -0.39 is 5.82 Å². The van der Waals surface area contributed by atoms with Gasteiger partial charge < -0.3 is 10.6 Å². The summed E-state index contributed by atoms with van der Waals surface area (Å²) in [6.07, 6.45) is 0. The monoisotopic (exact) mass is 398 g/mol. The van der Waals surface area contributed by atoms with Crippen LogP contribution in [0.25, 0.3) is 0 Å². The summed E-state index contributed by atoms with van der Waals surface area (Å²) in [7, 11) is 0. The second kappa shape index (κ2) is 8.70. The third-order valence-electron chi connectivity index (χ3n) is 3.62. The van der Waals surface area contributed by atoms with Gasteiger partial charge in [0.25, 0.3) is 0 Å². The first-order valence-electron chi connectivity index (χ1n) is 8.11. The van der Waals surface area contributed by atoms with E-state index in [-0.39, 0.29) is 5.02 Å². The normalized spacial score (nSPS) is 10.8. The van der Waals surface area contributed by atoms with Gasteiger partial charge in [-0.25, -0.2) is 4.39 Å². The van der Waals surface area contributed by atoms with Crippen LogP contribution in [0.4, 0.5) is 27.1 Å². The number of azo groups is 1. The maximum absolute atomic E-state index is 13.2. The molecule has 0 aliphatic heterocycles. The number of hydrogen-bond donors (Lipinski definition) is 2. The van der Waals surface area contributed by atoms with Crippen LogP contribution in [-0.2, 0) is 0 Å². The van der Waals surface area contributed by atoms with Gasteiger partial charge in [0.05, 0.1) is 16.4 Å². The van der Waals surface area contributed by atoms with E-state index in [0.717, 1.165) is 17.1 Å². The molecule has 136 valence electrons. The van der Waals surface area contributed by atoms with Crippen molar-refractivity contribution in [3.8, 4) is 0 Å². The summed E-state index contributed by atoms with van der Waals surface area (Å²) in [4.78, 5) is 0. The molecule has 0 spiro atoms. The van der Waals surface area contributed by atoms with Gasteiger partial charge in [-0.2, -0.15) is 10.2 Å². The first-order valence-corrected chi connectivity index (χ1v) is 8.90. The minimum absolute atomic E-state index is 0.0334. The maximum Gasteiger partial charge on any atom is 0.175 e. The van der Waals surface area contributed by atoms with Crippen LogP contribution in [0.2, 0.25) is 5.02 Å². The molecular weight excluding hydrogens is 383 g/mol. The van der Waals surface area contributed by atoms with Gasteiger partial charge in [-0.15, -0.1) is 0 Å². The lowest BCUT2D eigenvalue weighted by Gasteiger charge is -2.11. The van der Waals surface area contributed by atoms with E-state index in [1.807, 2.05) is 55.5 Å². The highest BCUT2D eigenvalue weighted by Crippen LogP contribution is 2.22. The molecule has 3 rings (SSSR count). The maximum atomic E-state index is 13.2. The summed E-state index contributed by atoms with van der Waals surface area (Å²) in [5, 5.41) is 14.8. The molecule has 0 bridgehead atoms. The predicted molar refractivity (Wildman–Crippen MR) is 113 cm³/mol. The van der Waals surface area contributed by atoms with Crippen molar-refractivity contribution in [1.82, 2.24) is 0 Å². The molecule has 0 atom stereocenters. The molecule has 0 saturated carbocycles. The van der Waals surface area contributed by atoms with Crippen molar-refractivity contribution < 1.29 is 4.39 Å². The minimum Gasteiger partial charge on any atom is -0.332 e. The summed E-state index contributed by atoms with van der Waals surface area (Å²) in [6, 6.07) is 19.5. The fourth-order valence-corrected chi connectivity index (χ4v) is 2.62. The van der Waals surface area contributed by atoms with Crippen LogP contribution >= 0.6 is 23.8 Å². The van der Waals surface area contributed by atoms with E-state index in [1.54, 1.807) is 6.07 Å². The molecule has 0 aromatic heterocycles.